The molecule has 0 radical (unpaired) electrons. The Morgan fingerprint density at radius 3 is 0.704 bits per heavy atom. The van der Waals surface area contributed by atoms with Gasteiger partial charge >= 0.3 is 39.5 Å². The monoisotopic (exact) mass is 1580 g/mol. The highest BCUT2D eigenvalue weighted by Gasteiger charge is 2.31. The highest BCUT2D eigenvalue weighted by Crippen LogP contribution is 2.45. The first-order chi connectivity index (χ1) is 52.4. The van der Waals surface area contributed by atoms with Crippen LogP contribution in [0.15, 0.2) is 0 Å². The van der Waals surface area contributed by atoms with E-state index in [1.165, 1.54) is 295 Å². The van der Waals surface area contributed by atoms with E-state index >= 15 is 0 Å². The summed E-state index contributed by atoms with van der Waals surface area (Å²) < 4.78 is 69.0. The maximum absolute atomic E-state index is 13.2. The highest BCUT2D eigenvalue weighted by molar-refractivity contribution is 7.47. The molecule has 0 aliphatic carbocycles. The summed E-state index contributed by atoms with van der Waals surface area (Å²) in [6.45, 7) is 9.74. The Morgan fingerprint density at radius 1 is 0.269 bits per heavy atom. The molecule has 0 spiro atoms. The van der Waals surface area contributed by atoms with Crippen LogP contribution >= 0.6 is 15.6 Å². The zero-order chi connectivity index (χ0) is 79.2. The fraction of sp³-hybridized carbons (Fsp3) is 0.955. The van der Waals surface area contributed by atoms with Crippen molar-refractivity contribution in [3.63, 3.8) is 0 Å². The molecule has 0 aromatic rings. The van der Waals surface area contributed by atoms with Gasteiger partial charge in [-0.05, 0) is 37.5 Å². The number of unbranched alkanes of at least 4 members (excludes halogenated alkanes) is 57. The number of carbonyl (C=O) groups is 4. The second-order valence-electron chi connectivity index (χ2n) is 32.7. The number of hydrogen-bond acceptors (Lipinski definition) is 15. The molecule has 19 heteroatoms. The molecule has 0 aliphatic rings. The minimum atomic E-state index is -4.97. The standard InChI is InChI=1S/C89H174O17P2/c1-7-10-12-14-16-18-20-22-24-26-31-34-38-42-46-53-59-65-71-86(91)99-77-84(105-88(93)73-68-62-56-48-44-40-36-32-28-27-30-33-37-41-45-51-57-63-69-81(4)5)79-103-107(95,96)101-75-83(90)76-102-108(97,98)104-80-85(78-100-87(92)72-66-60-54-50-49-52-58-64-70-82(6)9-3)106-89(94)74-67-61-55-47-43-39-35-29-25-23-21-19-17-15-13-11-8-2/h81-85,90H,7-80H2,1-6H3,(H,95,96)(H,97,98)/t82?,83-,84-,85-/m1/s1. The summed E-state index contributed by atoms with van der Waals surface area (Å²) in [6.07, 6.45) is 73.6. The Kier molecular flexibility index (Phi) is 78.8. The number of aliphatic hydroxyl groups excluding tert-OH is 1. The van der Waals surface area contributed by atoms with Crippen LogP contribution in [0.2, 0.25) is 0 Å². The van der Waals surface area contributed by atoms with Crippen LogP contribution in [0.25, 0.3) is 0 Å². The largest absolute Gasteiger partial charge is 0.472 e. The van der Waals surface area contributed by atoms with Crippen LogP contribution in [0, 0.1) is 11.8 Å². The van der Waals surface area contributed by atoms with E-state index in [0.717, 1.165) is 102 Å². The maximum Gasteiger partial charge on any atom is 0.472 e. The van der Waals surface area contributed by atoms with Gasteiger partial charge in [0.2, 0.25) is 0 Å². The maximum atomic E-state index is 13.2. The number of rotatable bonds is 88. The Bertz CT molecular complexity index is 2070. The number of aliphatic hydroxyl groups is 1. The minimum Gasteiger partial charge on any atom is -0.462 e. The van der Waals surface area contributed by atoms with Crippen LogP contribution in [0.5, 0.6) is 0 Å². The van der Waals surface area contributed by atoms with E-state index in [0.29, 0.717) is 25.7 Å². The van der Waals surface area contributed by atoms with Gasteiger partial charge in [0, 0.05) is 25.7 Å². The van der Waals surface area contributed by atoms with Gasteiger partial charge in [0.25, 0.3) is 0 Å². The van der Waals surface area contributed by atoms with Crippen LogP contribution in [-0.4, -0.2) is 96.7 Å². The van der Waals surface area contributed by atoms with Crippen molar-refractivity contribution >= 4 is 39.5 Å². The average Bonchev–Trinajstić information content (AvgIpc) is 0.899. The lowest BCUT2D eigenvalue weighted by Gasteiger charge is -2.21. The number of phosphoric ester groups is 2. The third-order valence-corrected chi connectivity index (χ3v) is 23.2. The Labute approximate surface area is 664 Å². The predicted octanol–water partition coefficient (Wildman–Crippen LogP) is 27.4. The van der Waals surface area contributed by atoms with Gasteiger partial charge in [-0.1, -0.05) is 427 Å². The molecule has 6 atom stereocenters. The van der Waals surface area contributed by atoms with Crippen LogP contribution in [0.1, 0.15) is 478 Å². The van der Waals surface area contributed by atoms with E-state index in [4.69, 9.17) is 37.0 Å². The van der Waals surface area contributed by atoms with Crippen molar-refractivity contribution in [3.8, 4) is 0 Å². The Hall–Kier alpha value is -1.94. The normalized spacial score (nSPS) is 14.0. The van der Waals surface area contributed by atoms with Gasteiger partial charge in [0.1, 0.15) is 19.3 Å². The number of ether oxygens (including phenoxy) is 4. The van der Waals surface area contributed by atoms with Gasteiger partial charge < -0.3 is 33.8 Å². The van der Waals surface area contributed by atoms with Crippen molar-refractivity contribution in [2.75, 3.05) is 39.6 Å². The van der Waals surface area contributed by atoms with Crippen molar-refractivity contribution in [3.05, 3.63) is 0 Å². The van der Waals surface area contributed by atoms with Crippen molar-refractivity contribution in [1.82, 2.24) is 0 Å². The molecule has 108 heavy (non-hydrogen) atoms. The van der Waals surface area contributed by atoms with Gasteiger partial charge in [-0.3, -0.25) is 37.3 Å². The number of phosphoric acid groups is 2. The van der Waals surface area contributed by atoms with E-state index < -0.39 is 97.5 Å². The van der Waals surface area contributed by atoms with Gasteiger partial charge in [0.05, 0.1) is 26.4 Å². The Morgan fingerprint density at radius 2 is 0.472 bits per heavy atom. The van der Waals surface area contributed by atoms with Gasteiger partial charge in [-0.25, -0.2) is 9.13 Å². The summed E-state index contributed by atoms with van der Waals surface area (Å²) in [5.74, 6) is -0.499. The van der Waals surface area contributed by atoms with Crippen molar-refractivity contribution in [2.45, 2.75) is 496 Å². The first-order valence-electron chi connectivity index (χ1n) is 46.0. The third kappa shape index (κ3) is 80.7. The van der Waals surface area contributed by atoms with Crippen molar-refractivity contribution < 1.29 is 80.2 Å². The first kappa shape index (κ1) is 106. The molecule has 642 valence electrons. The summed E-state index contributed by atoms with van der Waals surface area (Å²) in [5.41, 5.74) is 0. The molecule has 0 fully saturated rings. The lowest BCUT2D eigenvalue weighted by atomic mass is 9.99. The van der Waals surface area contributed by atoms with E-state index in [2.05, 4.69) is 41.5 Å². The van der Waals surface area contributed by atoms with Gasteiger partial charge in [-0.15, -0.1) is 0 Å². The summed E-state index contributed by atoms with van der Waals surface area (Å²) in [7, 11) is -9.93. The molecule has 0 saturated heterocycles. The molecule has 0 bridgehead atoms. The first-order valence-corrected chi connectivity index (χ1v) is 49.0. The SMILES string of the molecule is CCCCCCCCCCCCCCCCCCCCC(=O)OC[C@H](COP(=O)(O)OC[C@@H](O)COP(=O)(O)OC[C@@H](COC(=O)CCCCCCCCCCC(C)CC)OC(=O)CCCCCCCCCCCCCCCCCCC)OC(=O)CCCCCCCCCCCCCCCCCCCCC(C)C. The zero-order valence-corrected chi connectivity index (χ0v) is 73.0. The molecule has 0 amide bonds. The molecule has 0 heterocycles. The summed E-state index contributed by atoms with van der Waals surface area (Å²) in [4.78, 5) is 73.4. The van der Waals surface area contributed by atoms with E-state index in [1.807, 2.05) is 0 Å². The predicted molar refractivity (Wildman–Crippen MR) is 446 cm³/mol. The van der Waals surface area contributed by atoms with Crippen LogP contribution in [0.4, 0.5) is 0 Å². The molecule has 0 aromatic heterocycles. The molecular formula is C89H174O17P2. The number of esters is 4. The Balaban J connectivity index is 5.25. The van der Waals surface area contributed by atoms with Crippen LogP contribution in [-0.2, 0) is 65.4 Å². The second kappa shape index (κ2) is 80.3. The van der Waals surface area contributed by atoms with Crippen LogP contribution in [0.3, 0.4) is 0 Å². The number of carbonyl (C=O) groups excluding carboxylic acids is 4. The quantitative estimate of drug-likeness (QED) is 0.0222. The van der Waals surface area contributed by atoms with Gasteiger partial charge in [-0.2, -0.15) is 0 Å². The summed E-state index contributed by atoms with van der Waals surface area (Å²) >= 11 is 0. The molecule has 0 aromatic carbocycles. The molecule has 0 saturated carbocycles. The average molecular weight is 1580 g/mol. The van der Waals surface area contributed by atoms with Crippen molar-refractivity contribution in [1.29, 1.82) is 0 Å². The second-order valence-corrected chi connectivity index (χ2v) is 35.6. The van der Waals surface area contributed by atoms with Crippen LogP contribution < -0.4 is 0 Å². The summed E-state index contributed by atoms with van der Waals surface area (Å²) in [5, 5.41) is 10.7. The smallest absolute Gasteiger partial charge is 0.462 e. The molecule has 3 N–H and O–H groups in total. The summed E-state index contributed by atoms with van der Waals surface area (Å²) in [6, 6.07) is 0. The molecular weight excluding hydrogens is 1400 g/mol. The van der Waals surface area contributed by atoms with E-state index in [9.17, 15) is 43.2 Å². The number of hydrogen-bond donors (Lipinski definition) is 3. The molecule has 0 rings (SSSR count). The zero-order valence-electron chi connectivity index (χ0n) is 71.2. The molecule has 3 unspecified atom stereocenters. The highest BCUT2D eigenvalue weighted by atomic mass is 31.2. The van der Waals surface area contributed by atoms with Crippen molar-refractivity contribution in [2.24, 2.45) is 11.8 Å². The fourth-order valence-electron chi connectivity index (χ4n) is 13.9. The molecule has 0 aliphatic heterocycles. The van der Waals surface area contributed by atoms with E-state index in [-0.39, 0.29) is 25.7 Å². The fourth-order valence-corrected chi connectivity index (χ4v) is 15.5. The lowest BCUT2D eigenvalue weighted by molar-refractivity contribution is -0.161. The minimum absolute atomic E-state index is 0.108. The topological polar surface area (TPSA) is 237 Å². The van der Waals surface area contributed by atoms with E-state index in [1.54, 1.807) is 0 Å². The molecule has 17 nitrogen and oxygen atoms in total. The third-order valence-electron chi connectivity index (χ3n) is 21.3. The van der Waals surface area contributed by atoms with Gasteiger partial charge in [0.15, 0.2) is 12.2 Å². The lowest BCUT2D eigenvalue weighted by Crippen LogP contribution is -2.30.